The summed E-state index contributed by atoms with van der Waals surface area (Å²) in [7, 11) is 0. The lowest BCUT2D eigenvalue weighted by atomic mass is 10.2. The van der Waals surface area contributed by atoms with E-state index in [0.29, 0.717) is 16.7 Å². The van der Waals surface area contributed by atoms with Crippen LogP contribution in [0.2, 0.25) is 5.02 Å². The molecule has 0 saturated carbocycles. The van der Waals surface area contributed by atoms with E-state index in [0.717, 1.165) is 28.8 Å². The van der Waals surface area contributed by atoms with Crippen LogP contribution in [0.15, 0.2) is 59.4 Å². The Bertz CT molecular complexity index is 1090. The van der Waals surface area contributed by atoms with Gasteiger partial charge in [-0.05, 0) is 42.0 Å². The van der Waals surface area contributed by atoms with Crippen LogP contribution in [0.5, 0.6) is 0 Å². The first kappa shape index (κ1) is 21.7. The lowest BCUT2D eigenvalue weighted by molar-refractivity contribution is -0.141. The number of anilines is 2. The molecule has 1 aromatic heterocycles. The van der Waals surface area contributed by atoms with Gasteiger partial charge in [-0.1, -0.05) is 23.7 Å². The zero-order chi connectivity index (χ0) is 22.1. The summed E-state index contributed by atoms with van der Waals surface area (Å²) in [5.41, 5.74) is -2.75. The van der Waals surface area contributed by atoms with Crippen molar-refractivity contribution >= 4 is 23.2 Å². The standard InChI is InChI=1S/C19H12ClF6N3O/c20-13-5-1-11(2-6-13)10-29-16(30)9-15(19(24,25)26)28-17(29)27-14-7-3-12(4-8-14)18(21,22)23/h1-9H,10H2,(H,27,28). The first-order chi connectivity index (χ1) is 13.9. The van der Waals surface area contributed by atoms with Crippen molar-refractivity contribution in [1.29, 1.82) is 0 Å². The lowest BCUT2D eigenvalue weighted by Gasteiger charge is -2.16. The molecule has 1 N–H and O–H groups in total. The molecule has 0 saturated heterocycles. The minimum atomic E-state index is -4.88. The average Bonchev–Trinajstić information content (AvgIpc) is 2.65. The Labute approximate surface area is 170 Å². The molecule has 2 aromatic carbocycles. The van der Waals surface area contributed by atoms with Gasteiger partial charge in [0.1, 0.15) is 0 Å². The van der Waals surface area contributed by atoms with Crippen molar-refractivity contribution in [3.05, 3.63) is 86.8 Å². The maximum absolute atomic E-state index is 13.1. The number of alkyl halides is 6. The molecule has 0 spiro atoms. The van der Waals surface area contributed by atoms with Crippen molar-refractivity contribution in [1.82, 2.24) is 9.55 Å². The van der Waals surface area contributed by atoms with Crippen molar-refractivity contribution in [3.8, 4) is 0 Å². The van der Waals surface area contributed by atoms with Gasteiger partial charge in [0, 0.05) is 16.8 Å². The second kappa shape index (κ2) is 8.02. The lowest BCUT2D eigenvalue weighted by Crippen LogP contribution is -2.27. The van der Waals surface area contributed by atoms with Crippen molar-refractivity contribution < 1.29 is 26.3 Å². The van der Waals surface area contributed by atoms with Gasteiger partial charge in [-0.2, -0.15) is 26.3 Å². The van der Waals surface area contributed by atoms with Gasteiger partial charge in [0.05, 0.1) is 12.1 Å². The van der Waals surface area contributed by atoms with E-state index in [9.17, 15) is 31.1 Å². The molecule has 0 bridgehead atoms. The van der Waals surface area contributed by atoms with Gasteiger partial charge in [0.25, 0.3) is 5.56 Å². The highest BCUT2D eigenvalue weighted by Gasteiger charge is 2.34. The third-order valence-electron chi connectivity index (χ3n) is 4.02. The van der Waals surface area contributed by atoms with Crippen molar-refractivity contribution in [2.75, 3.05) is 5.32 Å². The van der Waals surface area contributed by atoms with Gasteiger partial charge >= 0.3 is 12.4 Å². The molecule has 0 atom stereocenters. The molecule has 4 nitrogen and oxygen atoms in total. The molecule has 0 radical (unpaired) electrons. The maximum Gasteiger partial charge on any atom is 0.433 e. The van der Waals surface area contributed by atoms with Crippen LogP contribution in [0.4, 0.5) is 38.0 Å². The molecule has 3 aromatic rings. The zero-order valence-corrected chi connectivity index (χ0v) is 15.6. The summed E-state index contributed by atoms with van der Waals surface area (Å²) in [4.78, 5) is 15.8. The summed E-state index contributed by atoms with van der Waals surface area (Å²) in [6, 6.07) is 10.2. The Morgan fingerprint density at radius 1 is 0.900 bits per heavy atom. The molecule has 11 heteroatoms. The highest BCUT2D eigenvalue weighted by atomic mass is 35.5. The fourth-order valence-electron chi connectivity index (χ4n) is 2.54. The second-order valence-electron chi connectivity index (χ2n) is 6.21. The van der Waals surface area contributed by atoms with E-state index >= 15 is 0 Å². The summed E-state index contributed by atoms with van der Waals surface area (Å²) < 4.78 is 78.3. The molecular formula is C19H12ClF6N3O. The smallest absolute Gasteiger partial charge is 0.326 e. The molecule has 3 rings (SSSR count). The SMILES string of the molecule is O=c1cc(C(F)(F)F)nc(Nc2ccc(C(F)(F)F)cc2)n1Cc1ccc(Cl)cc1. The quantitative estimate of drug-likeness (QED) is 0.520. The Hall–Kier alpha value is -3.01. The number of hydrogen-bond donors (Lipinski definition) is 1. The van der Waals surface area contributed by atoms with E-state index in [4.69, 9.17) is 11.6 Å². The largest absolute Gasteiger partial charge is 0.433 e. The zero-order valence-electron chi connectivity index (χ0n) is 14.9. The van der Waals surface area contributed by atoms with Crippen molar-refractivity contribution in [3.63, 3.8) is 0 Å². The number of rotatable bonds is 4. The first-order valence-electron chi connectivity index (χ1n) is 8.31. The van der Waals surface area contributed by atoms with Crippen LogP contribution < -0.4 is 10.9 Å². The molecular weight excluding hydrogens is 436 g/mol. The Morgan fingerprint density at radius 3 is 2.03 bits per heavy atom. The predicted molar refractivity (Wildman–Crippen MR) is 98.8 cm³/mol. The summed E-state index contributed by atoms with van der Waals surface area (Å²) >= 11 is 5.80. The van der Waals surface area contributed by atoms with Gasteiger partial charge in [0.2, 0.25) is 5.95 Å². The molecule has 0 aliphatic heterocycles. The number of nitrogens with zero attached hydrogens (tertiary/aromatic N) is 2. The van der Waals surface area contributed by atoms with Crippen LogP contribution in [0.25, 0.3) is 0 Å². The van der Waals surface area contributed by atoms with Crippen LogP contribution in [0.3, 0.4) is 0 Å². The van der Waals surface area contributed by atoms with Gasteiger partial charge < -0.3 is 5.32 Å². The highest BCUT2D eigenvalue weighted by molar-refractivity contribution is 6.30. The molecule has 1 heterocycles. The van der Waals surface area contributed by atoms with Crippen LogP contribution in [-0.4, -0.2) is 9.55 Å². The summed E-state index contributed by atoms with van der Waals surface area (Å²) in [5.74, 6) is -0.468. The molecule has 0 unspecified atom stereocenters. The molecule has 0 amide bonds. The van der Waals surface area contributed by atoms with Crippen LogP contribution >= 0.6 is 11.6 Å². The fraction of sp³-hybridized carbons (Fsp3) is 0.158. The Kier molecular flexibility index (Phi) is 5.80. The number of halogens is 7. The fourth-order valence-corrected chi connectivity index (χ4v) is 2.67. The topological polar surface area (TPSA) is 46.9 Å². The van der Waals surface area contributed by atoms with Gasteiger partial charge in [-0.3, -0.25) is 9.36 Å². The minimum absolute atomic E-state index is 0.0269. The average molecular weight is 448 g/mol. The number of hydrogen-bond acceptors (Lipinski definition) is 3. The summed E-state index contributed by atoms with van der Waals surface area (Å²) in [6.45, 7) is -0.135. The van der Waals surface area contributed by atoms with Crippen molar-refractivity contribution in [2.24, 2.45) is 0 Å². The van der Waals surface area contributed by atoms with Gasteiger partial charge in [-0.25, -0.2) is 4.98 Å². The van der Waals surface area contributed by atoms with E-state index in [1.807, 2.05) is 0 Å². The second-order valence-corrected chi connectivity index (χ2v) is 6.65. The maximum atomic E-state index is 13.1. The highest BCUT2D eigenvalue weighted by Crippen LogP contribution is 2.31. The summed E-state index contributed by atoms with van der Waals surface area (Å²) in [6.07, 6.45) is -9.45. The van der Waals surface area contributed by atoms with Gasteiger partial charge in [0.15, 0.2) is 5.69 Å². The third kappa shape index (κ3) is 5.12. The number of aromatic nitrogens is 2. The number of nitrogens with one attached hydrogen (secondary N) is 1. The normalized spacial score (nSPS) is 12.1. The van der Waals surface area contributed by atoms with Crippen LogP contribution in [0, 0.1) is 0 Å². The predicted octanol–water partition coefficient (Wildman–Crippen LogP) is 5.73. The van der Waals surface area contributed by atoms with E-state index in [1.54, 1.807) is 24.3 Å². The molecule has 0 aliphatic carbocycles. The van der Waals surface area contributed by atoms with Crippen molar-refractivity contribution in [2.45, 2.75) is 18.9 Å². The minimum Gasteiger partial charge on any atom is -0.326 e. The number of benzene rings is 2. The molecule has 0 aliphatic rings. The first-order valence-corrected chi connectivity index (χ1v) is 8.69. The Morgan fingerprint density at radius 2 is 1.50 bits per heavy atom. The molecule has 158 valence electrons. The van der Waals surface area contributed by atoms with E-state index < -0.39 is 35.1 Å². The molecule has 0 fully saturated rings. The van der Waals surface area contributed by atoms with E-state index in [-0.39, 0.29) is 12.2 Å². The van der Waals surface area contributed by atoms with E-state index in [2.05, 4.69) is 10.3 Å². The van der Waals surface area contributed by atoms with Crippen LogP contribution in [-0.2, 0) is 18.9 Å². The van der Waals surface area contributed by atoms with Gasteiger partial charge in [-0.15, -0.1) is 0 Å². The monoisotopic (exact) mass is 447 g/mol. The summed E-state index contributed by atoms with van der Waals surface area (Å²) in [5, 5.41) is 2.92. The van der Waals surface area contributed by atoms with Crippen LogP contribution in [0.1, 0.15) is 16.8 Å². The van der Waals surface area contributed by atoms with E-state index in [1.165, 1.54) is 0 Å². The molecule has 30 heavy (non-hydrogen) atoms. The third-order valence-corrected chi connectivity index (χ3v) is 4.27. The Balaban J connectivity index is 2.02.